The summed E-state index contributed by atoms with van der Waals surface area (Å²) >= 11 is 0. The molecule has 0 heterocycles. The van der Waals surface area contributed by atoms with E-state index < -0.39 is 0 Å². The highest BCUT2D eigenvalue weighted by Gasteiger charge is 2.12. The van der Waals surface area contributed by atoms with Gasteiger partial charge in [-0.05, 0) is 37.9 Å². The maximum atomic E-state index is 9.86. The van der Waals surface area contributed by atoms with Crippen molar-refractivity contribution in [2.45, 2.75) is 6.04 Å². The van der Waals surface area contributed by atoms with Crippen molar-refractivity contribution in [3.8, 4) is 11.5 Å². The SMILES string of the molecule is COc1ccc(O)c(C=NC[C@H](c2ccccc2)N(C)C)c1. The van der Waals surface area contributed by atoms with Crippen molar-refractivity contribution in [1.29, 1.82) is 0 Å². The van der Waals surface area contributed by atoms with Crippen molar-refractivity contribution >= 4 is 6.21 Å². The van der Waals surface area contributed by atoms with Crippen LogP contribution >= 0.6 is 0 Å². The Morgan fingerprint density at radius 3 is 2.55 bits per heavy atom. The third-order valence-corrected chi connectivity index (χ3v) is 3.55. The number of phenolic OH excluding ortho intramolecular Hbond substituents is 1. The molecule has 0 bridgehead atoms. The van der Waals surface area contributed by atoms with Crippen molar-refractivity contribution in [3.05, 3.63) is 59.7 Å². The molecule has 0 radical (unpaired) electrons. The van der Waals surface area contributed by atoms with Gasteiger partial charge in [-0.2, -0.15) is 0 Å². The van der Waals surface area contributed by atoms with Crippen LogP contribution in [0.25, 0.3) is 0 Å². The molecule has 0 amide bonds. The van der Waals surface area contributed by atoms with Crippen LogP contribution in [0.4, 0.5) is 0 Å². The van der Waals surface area contributed by atoms with Crippen LogP contribution in [-0.4, -0.2) is 44.0 Å². The maximum Gasteiger partial charge on any atom is 0.124 e. The summed E-state index contributed by atoms with van der Waals surface area (Å²) in [4.78, 5) is 6.63. The molecule has 2 aromatic rings. The summed E-state index contributed by atoms with van der Waals surface area (Å²) < 4.78 is 5.16. The Kier molecular flexibility index (Phi) is 5.55. The highest BCUT2D eigenvalue weighted by Crippen LogP contribution is 2.22. The second-order valence-corrected chi connectivity index (χ2v) is 5.31. The molecule has 0 saturated carbocycles. The van der Waals surface area contributed by atoms with E-state index in [4.69, 9.17) is 4.74 Å². The van der Waals surface area contributed by atoms with E-state index in [-0.39, 0.29) is 11.8 Å². The van der Waals surface area contributed by atoms with Gasteiger partial charge in [0.05, 0.1) is 19.7 Å². The van der Waals surface area contributed by atoms with E-state index in [2.05, 4.69) is 22.0 Å². The Balaban J connectivity index is 2.13. The predicted molar refractivity (Wildman–Crippen MR) is 90.0 cm³/mol. The summed E-state index contributed by atoms with van der Waals surface area (Å²) in [5, 5.41) is 9.86. The number of aliphatic imine (C=N–C) groups is 1. The average molecular weight is 298 g/mol. The molecule has 0 spiro atoms. The van der Waals surface area contributed by atoms with Crippen LogP contribution in [0.2, 0.25) is 0 Å². The van der Waals surface area contributed by atoms with Gasteiger partial charge in [0, 0.05) is 11.8 Å². The number of likely N-dealkylation sites (N-methyl/N-ethyl adjacent to an activating group) is 1. The maximum absolute atomic E-state index is 9.86. The molecule has 116 valence electrons. The number of aromatic hydroxyl groups is 1. The Hall–Kier alpha value is -2.33. The number of rotatable bonds is 6. The van der Waals surface area contributed by atoms with E-state index in [1.807, 2.05) is 32.3 Å². The molecule has 4 heteroatoms. The number of hydrogen-bond acceptors (Lipinski definition) is 4. The molecule has 0 fully saturated rings. The summed E-state index contributed by atoms with van der Waals surface area (Å²) in [5.41, 5.74) is 1.88. The van der Waals surface area contributed by atoms with Crippen LogP contribution in [0, 0.1) is 0 Å². The topological polar surface area (TPSA) is 45.1 Å². The van der Waals surface area contributed by atoms with Gasteiger partial charge >= 0.3 is 0 Å². The Morgan fingerprint density at radius 2 is 1.91 bits per heavy atom. The molecular formula is C18H22N2O2. The van der Waals surface area contributed by atoms with Gasteiger partial charge in [-0.3, -0.25) is 4.99 Å². The molecule has 4 nitrogen and oxygen atoms in total. The van der Waals surface area contributed by atoms with Crippen molar-refractivity contribution in [3.63, 3.8) is 0 Å². The zero-order valence-electron chi connectivity index (χ0n) is 13.2. The fourth-order valence-corrected chi connectivity index (χ4v) is 2.26. The van der Waals surface area contributed by atoms with Gasteiger partial charge in [-0.25, -0.2) is 0 Å². The van der Waals surface area contributed by atoms with Gasteiger partial charge < -0.3 is 14.7 Å². The summed E-state index contributed by atoms with van der Waals surface area (Å²) in [6, 6.07) is 15.6. The van der Waals surface area contributed by atoms with E-state index in [0.717, 1.165) is 0 Å². The molecule has 0 aliphatic heterocycles. The first-order valence-corrected chi connectivity index (χ1v) is 7.20. The van der Waals surface area contributed by atoms with Crippen molar-refractivity contribution < 1.29 is 9.84 Å². The molecule has 0 aromatic heterocycles. The number of nitrogens with zero attached hydrogens (tertiary/aromatic N) is 2. The van der Waals surface area contributed by atoms with Crippen LogP contribution in [0.3, 0.4) is 0 Å². The Bertz CT molecular complexity index is 624. The first-order chi connectivity index (χ1) is 10.6. The van der Waals surface area contributed by atoms with Gasteiger partial charge in [-0.15, -0.1) is 0 Å². The van der Waals surface area contributed by atoms with Gasteiger partial charge in [0.1, 0.15) is 11.5 Å². The minimum absolute atomic E-state index is 0.199. The van der Waals surface area contributed by atoms with Crippen molar-refractivity contribution in [2.24, 2.45) is 4.99 Å². The lowest BCUT2D eigenvalue weighted by atomic mass is 10.1. The lowest BCUT2D eigenvalue weighted by Crippen LogP contribution is -2.22. The van der Waals surface area contributed by atoms with Gasteiger partial charge in [0.15, 0.2) is 0 Å². The quantitative estimate of drug-likeness (QED) is 0.833. The van der Waals surface area contributed by atoms with E-state index >= 15 is 0 Å². The van der Waals surface area contributed by atoms with Crippen LogP contribution in [0.15, 0.2) is 53.5 Å². The highest BCUT2D eigenvalue weighted by molar-refractivity contribution is 5.84. The normalized spacial score (nSPS) is 12.7. The molecule has 2 aromatic carbocycles. The summed E-state index contributed by atoms with van der Waals surface area (Å²) in [5.74, 6) is 0.900. The van der Waals surface area contributed by atoms with Crippen molar-refractivity contribution in [2.75, 3.05) is 27.7 Å². The largest absolute Gasteiger partial charge is 0.507 e. The molecule has 1 N–H and O–H groups in total. The molecular weight excluding hydrogens is 276 g/mol. The van der Waals surface area contributed by atoms with Gasteiger partial charge in [0.25, 0.3) is 0 Å². The zero-order valence-corrected chi connectivity index (χ0v) is 13.2. The minimum atomic E-state index is 0.199. The summed E-state index contributed by atoms with van der Waals surface area (Å²) in [6.45, 7) is 0.619. The third kappa shape index (κ3) is 4.09. The summed E-state index contributed by atoms with van der Waals surface area (Å²) in [7, 11) is 5.68. The Morgan fingerprint density at radius 1 is 1.18 bits per heavy atom. The fraction of sp³-hybridized carbons (Fsp3) is 0.278. The molecule has 22 heavy (non-hydrogen) atoms. The van der Waals surface area contributed by atoms with Crippen LogP contribution in [0.5, 0.6) is 11.5 Å². The lowest BCUT2D eigenvalue weighted by Gasteiger charge is -2.22. The predicted octanol–water partition coefficient (Wildman–Crippen LogP) is 3.12. The van der Waals surface area contributed by atoms with Gasteiger partial charge in [0.2, 0.25) is 0 Å². The molecule has 0 unspecified atom stereocenters. The number of ether oxygens (including phenoxy) is 1. The third-order valence-electron chi connectivity index (χ3n) is 3.55. The highest BCUT2D eigenvalue weighted by atomic mass is 16.5. The standard InChI is InChI=1S/C18H22N2O2/c1-20(2)17(14-7-5-4-6-8-14)13-19-12-15-11-16(22-3)9-10-18(15)21/h4-12,17,21H,13H2,1-3H3/t17-/m1/s1. The summed E-state index contributed by atoms with van der Waals surface area (Å²) in [6.07, 6.45) is 1.69. The number of methoxy groups -OCH3 is 1. The fourth-order valence-electron chi connectivity index (χ4n) is 2.26. The first-order valence-electron chi connectivity index (χ1n) is 7.20. The molecule has 0 saturated heterocycles. The van der Waals surface area contributed by atoms with E-state index in [1.54, 1.807) is 31.5 Å². The van der Waals surface area contributed by atoms with Crippen LogP contribution in [-0.2, 0) is 0 Å². The molecule has 1 atom stereocenters. The van der Waals surface area contributed by atoms with E-state index in [9.17, 15) is 5.11 Å². The van der Waals surface area contributed by atoms with Crippen LogP contribution < -0.4 is 4.74 Å². The second kappa shape index (κ2) is 7.61. The second-order valence-electron chi connectivity index (χ2n) is 5.31. The van der Waals surface area contributed by atoms with Gasteiger partial charge in [-0.1, -0.05) is 30.3 Å². The average Bonchev–Trinajstić information content (AvgIpc) is 2.53. The minimum Gasteiger partial charge on any atom is -0.507 e. The zero-order chi connectivity index (χ0) is 15.9. The van der Waals surface area contributed by atoms with Crippen LogP contribution in [0.1, 0.15) is 17.2 Å². The number of benzene rings is 2. The van der Waals surface area contributed by atoms with E-state index in [0.29, 0.717) is 17.9 Å². The molecule has 0 aliphatic carbocycles. The van der Waals surface area contributed by atoms with E-state index in [1.165, 1.54) is 5.56 Å². The van der Waals surface area contributed by atoms with Crippen molar-refractivity contribution in [1.82, 2.24) is 4.90 Å². The number of hydrogen-bond donors (Lipinski definition) is 1. The smallest absolute Gasteiger partial charge is 0.124 e. The number of phenols is 1. The lowest BCUT2D eigenvalue weighted by molar-refractivity contribution is 0.307. The molecule has 0 aliphatic rings. The monoisotopic (exact) mass is 298 g/mol. The first kappa shape index (κ1) is 16.0. The molecule has 2 rings (SSSR count). The Labute approximate surface area is 131 Å².